The van der Waals surface area contributed by atoms with Gasteiger partial charge in [-0.3, -0.25) is 15.1 Å². The third kappa shape index (κ3) is 2.92. The maximum Gasteiger partial charge on any atom is 0.311 e. The Bertz CT molecular complexity index is 437. The summed E-state index contributed by atoms with van der Waals surface area (Å²) in [5.74, 6) is 5.46. The molecule has 0 aliphatic carbocycles. The van der Waals surface area contributed by atoms with Crippen molar-refractivity contribution in [1.29, 1.82) is 0 Å². The average Bonchev–Trinajstić information content (AvgIpc) is 2.20. The SMILES string of the molecule is CC#CCNc1c(Br)cncc1[N+](=O)[O-]. The van der Waals surface area contributed by atoms with E-state index < -0.39 is 4.92 Å². The molecule has 0 unspecified atom stereocenters. The number of hydrogen-bond acceptors (Lipinski definition) is 4. The number of hydrogen-bond donors (Lipinski definition) is 1. The van der Waals surface area contributed by atoms with Gasteiger partial charge in [0.05, 0.1) is 15.9 Å². The molecule has 0 atom stereocenters. The number of nitrogens with zero attached hydrogens (tertiary/aromatic N) is 2. The summed E-state index contributed by atoms with van der Waals surface area (Å²) < 4.78 is 0.551. The first-order chi connectivity index (χ1) is 7.16. The van der Waals surface area contributed by atoms with Crippen LogP contribution in [0, 0.1) is 22.0 Å². The van der Waals surface area contributed by atoms with E-state index in [0.29, 0.717) is 16.7 Å². The lowest BCUT2D eigenvalue weighted by atomic mass is 10.3. The molecule has 0 amide bonds. The van der Waals surface area contributed by atoms with E-state index in [1.54, 1.807) is 6.92 Å². The van der Waals surface area contributed by atoms with Crippen molar-refractivity contribution in [1.82, 2.24) is 4.98 Å². The second-order valence-electron chi connectivity index (χ2n) is 2.55. The lowest BCUT2D eigenvalue weighted by Crippen LogP contribution is -2.03. The molecule has 0 radical (unpaired) electrons. The van der Waals surface area contributed by atoms with Crippen LogP contribution in [0.1, 0.15) is 6.92 Å². The van der Waals surface area contributed by atoms with Gasteiger partial charge in [-0.2, -0.15) is 0 Å². The molecule has 1 N–H and O–H groups in total. The maximum absolute atomic E-state index is 10.7. The van der Waals surface area contributed by atoms with Gasteiger partial charge in [-0.05, 0) is 22.9 Å². The Labute approximate surface area is 95.2 Å². The Morgan fingerprint density at radius 1 is 1.67 bits per heavy atom. The largest absolute Gasteiger partial charge is 0.368 e. The fourth-order valence-electron chi connectivity index (χ4n) is 0.959. The lowest BCUT2D eigenvalue weighted by Gasteiger charge is -2.04. The summed E-state index contributed by atoms with van der Waals surface area (Å²) >= 11 is 3.19. The fourth-order valence-corrected chi connectivity index (χ4v) is 1.42. The first-order valence-electron chi connectivity index (χ1n) is 4.08. The molecule has 0 saturated heterocycles. The van der Waals surface area contributed by atoms with E-state index >= 15 is 0 Å². The number of anilines is 1. The maximum atomic E-state index is 10.7. The molecule has 0 spiro atoms. The minimum atomic E-state index is -0.487. The van der Waals surface area contributed by atoms with Gasteiger partial charge < -0.3 is 5.32 Å². The Kier molecular flexibility index (Phi) is 4.06. The number of halogens is 1. The second-order valence-corrected chi connectivity index (χ2v) is 3.41. The van der Waals surface area contributed by atoms with Crippen LogP contribution < -0.4 is 5.32 Å². The Balaban J connectivity index is 3.00. The highest BCUT2D eigenvalue weighted by Crippen LogP contribution is 2.30. The van der Waals surface area contributed by atoms with Crippen molar-refractivity contribution < 1.29 is 4.92 Å². The van der Waals surface area contributed by atoms with Gasteiger partial charge in [-0.25, -0.2) is 0 Å². The molecule has 0 aliphatic heterocycles. The number of pyridine rings is 1. The van der Waals surface area contributed by atoms with Crippen LogP contribution >= 0.6 is 15.9 Å². The van der Waals surface area contributed by atoms with Crippen LogP contribution in [-0.4, -0.2) is 16.5 Å². The molecule has 1 rings (SSSR count). The van der Waals surface area contributed by atoms with E-state index in [9.17, 15) is 10.1 Å². The van der Waals surface area contributed by atoms with Crippen molar-refractivity contribution in [2.24, 2.45) is 0 Å². The van der Waals surface area contributed by atoms with Gasteiger partial charge in [-0.15, -0.1) is 5.92 Å². The Morgan fingerprint density at radius 2 is 2.40 bits per heavy atom. The van der Waals surface area contributed by atoms with Gasteiger partial charge in [-0.1, -0.05) is 5.92 Å². The van der Waals surface area contributed by atoms with Gasteiger partial charge in [0.25, 0.3) is 0 Å². The zero-order valence-electron chi connectivity index (χ0n) is 7.95. The molecule has 0 aromatic carbocycles. The fraction of sp³-hybridized carbons (Fsp3) is 0.222. The van der Waals surface area contributed by atoms with E-state index in [1.165, 1.54) is 12.4 Å². The van der Waals surface area contributed by atoms with Crippen LogP contribution in [0.5, 0.6) is 0 Å². The number of nitro groups is 1. The smallest absolute Gasteiger partial charge is 0.311 e. The molecular weight excluding hydrogens is 262 g/mol. The summed E-state index contributed by atoms with van der Waals surface area (Å²) in [4.78, 5) is 13.9. The highest BCUT2D eigenvalue weighted by Gasteiger charge is 2.16. The van der Waals surface area contributed by atoms with E-state index in [-0.39, 0.29) is 5.69 Å². The van der Waals surface area contributed by atoms with Crippen LogP contribution in [0.3, 0.4) is 0 Å². The van der Waals surface area contributed by atoms with Gasteiger partial charge in [0.2, 0.25) is 0 Å². The molecule has 1 aromatic rings. The van der Waals surface area contributed by atoms with Crippen molar-refractivity contribution >= 4 is 27.3 Å². The monoisotopic (exact) mass is 269 g/mol. The molecule has 5 nitrogen and oxygen atoms in total. The quantitative estimate of drug-likeness (QED) is 0.519. The predicted molar refractivity (Wildman–Crippen MR) is 60.5 cm³/mol. The van der Waals surface area contributed by atoms with E-state index in [4.69, 9.17) is 0 Å². The van der Waals surface area contributed by atoms with Crippen LogP contribution in [0.2, 0.25) is 0 Å². The molecule has 15 heavy (non-hydrogen) atoms. The van der Waals surface area contributed by atoms with Crippen molar-refractivity contribution in [2.75, 3.05) is 11.9 Å². The minimum absolute atomic E-state index is 0.0673. The molecule has 0 fully saturated rings. The number of nitrogens with one attached hydrogen (secondary N) is 1. The topological polar surface area (TPSA) is 68.1 Å². The summed E-state index contributed by atoms with van der Waals surface area (Å²) in [6, 6.07) is 0. The van der Waals surface area contributed by atoms with Crippen LogP contribution in [-0.2, 0) is 0 Å². The molecule has 6 heteroatoms. The first-order valence-corrected chi connectivity index (χ1v) is 4.87. The van der Waals surface area contributed by atoms with Crippen molar-refractivity contribution in [3.8, 4) is 11.8 Å². The third-order valence-electron chi connectivity index (χ3n) is 1.61. The molecule has 0 saturated carbocycles. The van der Waals surface area contributed by atoms with Crippen LogP contribution in [0.15, 0.2) is 16.9 Å². The molecule has 0 aliphatic rings. The summed E-state index contributed by atoms with van der Waals surface area (Å²) in [5.41, 5.74) is 0.333. The van der Waals surface area contributed by atoms with Crippen molar-refractivity contribution in [3.05, 3.63) is 27.0 Å². The normalized spacial score (nSPS) is 8.93. The number of aromatic nitrogens is 1. The van der Waals surface area contributed by atoms with Gasteiger partial charge in [0.1, 0.15) is 11.9 Å². The van der Waals surface area contributed by atoms with Crippen LogP contribution in [0.4, 0.5) is 11.4 Å². The lowest BCUT2D eigenvalue weighted by molar-refractivity contribution is -0.384. The first kappa shape index (κ1) is 11.5. The van der Waals surface area contributed by atoms with E-state index in [2.05, 4.69) is 38.1 Å². The summed E-state index contributed by atoms with van der Waals surface area (Å²) in [7, 11) is 0. The average molecular weight is 270 g/mol. The van der Waals surface area contributed by atoms with Crippen LogP contribution in [0.25, 0.3) is 0 Å². The highest BCUT2D eigenvalue weighted by atomic mass is 79.9. The highest BCUT2D eigenvalue weighted by molar-refractivity contribution is 9.10. The Morgan fingerprint density at radius 3 is 3.00 bits per heavy atom. The number of rotatable bonds is 3. The molecule has 1 heterocycles. The zero-order valence-corrected chi connectivity index (χ0v) is 9.54. The van der Waals surface area contributed by atoms with E-state index in [1.807, 2.05) is 0 Å². The third-order valence-corrected chi connectivity index (χ3v) is 2.21. The van der Waals surface area contributed by atoms with Crippen molar-refractivity contribution in [2.45, 2.75) is 6.92 Å². The molecular formula is C9H8BrN3O2. The summed E-state index contributed by atoms with van der Waals surface area (Å²) in [5, 5.41) is 13.5. The standard InChI is InChI=1S/C9H8BrN3O2/c1-2-3-4-12-9-7(10)5-11-6-8(9)13(14)15/h5-6H,4H2,1H3,(H,11,12). The summed E-state index contributed by atoms with van der Waals surface area (Å²) in [6.45, 7) is 2.07. The molecule has 78 valence electrons. The van der Waals surface area contributed by atoms with Crippen molar-refractivity contribution in [3.63, 3.8) is 0 Å². The van der Waals surface area contributed by atoms with Gasteiger partial charge in [0, 0.05) is 6.20 Å². The predicted octanol–water partition coefficient (Wildman–Crippen LogP) is 2.19. The zero-order chi connectivity index (χ0) is 11.3. The Hall–Kier alpha value is -1.61. The van der Waals surface area contributed by atoms with E-state index in [0.717, 1.165) is 0 Å². The van der Waals surface area contributed by atoms with Gasteiger partial charge in [0.15, 0.2) is 0 Å². The second kappa shape index (κ2) is 5.32. The summed E-state index contributed by atoms with van der Waals surface area (Å²) in [6.07, 6.45) is 2.70. The molecule has 1 aromatic heterocycles. The van der Waals surface area contributed by atoms with Gasteiger partial charge >= 0.3 is 5.69 Å². The molecule has 0 bridgehead atoms. The minimum Gasteiger partial charge on any atom is -0.368 e.